The van der Waals surface area contributed by atoms with Crippen LogP contribution in [0.4, 0.5) is 5.69 Å². The number of rotatable bonds is 6. The average molecular weight is 288 g/mol. The molecule has 0 fully saturated rings. The molecule has 3 nitrogen and oxygen atoms in total. The molecule has 0 aromatic heterocycles. The topological polar surface area (TPSA) is 30.5 Å². The predicted octanol–water partition coefficient (Wildman–Crippen LogP) is 4.17. The van der Waals surface area contributed by atoms with Crippen LogP contribution in [0.5, 0.6) is 0 Å². The van der Waals surface area contributed by atoms with Gasteiger partial charge in [0.15, 0.2) is 0 Å². The molecule has 0 spiro atoms. The number of nitrogens with one attached hydrogen (secondary N) is 1. The molecule has 0 unspecified atom stereocenters. The van der Waals surface area contributed by atoms with Gasteiger partial charge in [0.2, 0.25) is 0 Å². The third-order valence-electron chi connectivity index (χ3n) is 2.14. The monoisotopic (exact) mass is 287 g/mol. The van der Waals surface area contributed by atoms with Crippen LogP contribution in [0.2, 0.25) is 11.6 Å². The largest absolute Gasteiger partial charge is 0.454 e. The molecule has 0 radical (unpaired) electrons. The number of halogens is 1. The van der Waals surface area contributed by atoms with Gasteiger partial charge >= 0.3 is 8.72 Å². The molecular formula is C13H22ClNO2Si. The zero-order chi connectivity index (χ0) is 13.8. The number of benzene rings is 1. The van der Waals surface area contributed by atoms with Crippen molar-refractivity contribution in [2.24, 2.45) is 0 Å². The molecule has 0 bridgehead atoms. The fraction of sp³-hybridized carbons (Fsp3) is 0.538. The standard InChI is InChI=1S/C13H22ClNO2Si/c1-10(2)16-18(5,17-11(3)4)15-13-8-6-12(14)7-9-13/h6-11,15H,1-5H3. The normalized spacial score (nSPS) is 12.2. The van der Waals surface area contributed by atoms with Crippen LogP contribution >= 0.6 is 11.6 Å². The van der Waals surface area contributed by atoms with E-state index in [1.807, 2.05) is 58.5 Å². The summed E-state index contributed by atoms with van der Waals surface area (Å²) in [6, 6.07) is 7.56. The van der Waals surface area contributed by atoms with Gasteiger partial charge in [-0.15, -0.1) is 0 Å². The van der Waals surface area contributed by atoms with Gasteiger partial charge in [-0.2, -0.15) is 0 Å². The first-order chi connectivity index (χ1) is 8.31. The Morgan fingerprint density at radius 1 is 1.00 bits per heavy atom. The highest BCUT2D eigenvalue weighted by Crippen LogP contribution is 2.19. The van der Waals surface area contributed by atoms with Crippen molar-refractivity contribution >= 4 is 26.0 Å². The van der Waals surface area contributed by atoms with Crippen molar-refractivity contribution in [2.75, 3.05) is 4.98 Å². The Labute approximate surface area is 116 Å². The van der Waals surface area contributed by atoms with E-state index in [9.17, 15) is 0 Å². The Bertz CT molecular complexity index is 358. The lowest BCUT2D eigenvalue weighted by Crippen LogP contribution is -2.50. The lowest BCUT2D eigenvalue weighted by Gasteiger charge is -2.31. The summed E-state index contributed by atoms with van der Waals surface area (Å²) >= 11 is 5.87. The first-order valence-electron chi connectivity index (χ1n) is 6.20. The Balaban J connectivity index is 2.80. The highest BCUT2D eigenvalue weighted by molar-refractivity contribution is 6.69. The molecular weight excluding hydrogens is 266 g/mol. The minimum Gasteiger partial charge on any atom is -0.376 e. The number of hydrogen-bond acceptors (Lipinski definition) is 3. The van der Waals surface area contributed by atoms with Crippen molar-refractivity contribution in [1.29, 1.82) is 0 Å². The molecule has 0 amide bonds. The van der Waals surface area contributed by atoms with Crippen LogP contribution in [0.3, 0.4) is 0 Å². The van der Waals surface area contributed by atoms with Crippen LogP contribution in [0, 0.1) is 0 Å². The molecule has 0 aliphatic rings. The van der Waals surface area contributed by atoms with E-state index in [1.165, 1.54) is 0 Å². The lowest BCUT2D eigenvalue weighted by molar-refractivity contribution is 0.115. The Hall–Kier alpha value is -0.553. The van der Waals surface area contributed by atoms with E-state index in [1.54, 1.807) is 0 Å². The van der Waals surface area contributed by atoms with Gasteiger partial charge in [0.1, 0.15) is 0 Å². The van der Waals surface area contributed by atoms with Crippen LogP contribution in [0.1, 0.15) is 27.7 Å². The molecule has 1 rings (SSSR count). The van der Waals surface area contributed by atoms with E-state index in [2.05, 4.69) is 4.98 Å². The third kappa shape index (κ3) is 5.39. The van der Waals surface area contributed by atoms with Crippen LogP contribution in [0.25, 0.3) is 0 Å². The number of anilines is 1. The minimum atomic E-state index is -2.43. The average Bonchev–Trinajstić information content (AvgIpc) is 2.18. The second-order valence-electron chi connectivity index (χ2n) is 4.91. The quantitative estimate of drug-likeness (QED) is 0.797. The van der Waals surface area contributed by atoms with E-state index < -0.39 is 8.72 Å². The molecule has 1 aromatic carbocycles. The maximum Gasteiger partial charge on any atom is 0.454 e. The van der Waals surface area contributed by atoms with Gasteiger partial charge in [-0.05, 0) is 58.5 Å². The molecule has 0 atom stereocenters. The van der Waals surface area contributed by atoms with E-state index in [-0.39, 0.29) is 12.2 Å². The second kappa shape index (κ2) is 6.57. The Morgan fingerprint density at radius 3 is 1.83 bits per heavy atom. The summed E-state index contributed by atoms with van der Waals surface area (Å²) in [5.41, 5.74) is 0.967. The molecule has 1 aromatic rings. The van der Waals surface area contributed by atoms with Crippen LogP contribution in [0.15, 0.2) is 24.3 Å². The Kier molecular flexibility index (Phi) is 5.66. The van der Waals surface area contributed by atoms with Crippen LogP contribution in [-0.4, -0.2) is 20.9 Å². The lowest BCUT2D eigenvalue weighted by atomic mass is 10.3. The van der Waals surface area contributed by atoms with E-state index in [0.717, 1.165) is 10.7 Å². The van der Waals surface area contributed by atoms with Crippen molar-refractivity contribution in [3.8, 4) is 0 Å². The fourth-order valence-electron chi connectivity index (χ4n) is 1.78. The van der Waals surface area contributed by atoms with Crippen molar-refractivity contribution < 1.29 is 8.85 Å². The van der Waals surface area contributed by atoms with Gasteiger partial charge in [-0.3, -0.25) is 0 Å². The second-order valence-corrected chi connectivity index (χ2v) is 7.96. The molecule has 0 saturated carbocycles. The van der Waals surface area contributed by atoms with Gasteiger partial charge in [0, 0.05) is 22.9 Å². The first kappa shape index (κ1) is 15.5. The van der Waals surface area contributed by atoms with E-state index >= 15 is 0 Å². The van der Waals surface area contributed by atoms with Gasteiger partial charge in [0.25, 0.3) is 0 Å². The smallest absolute Gasteiger partial charge is 0.376 e. The van der Waals surface area contributed by atoms with Gasteiger partial charge in [-0.1, -0.05) is 11.6 Å². The first-order valence-corrected chi connectivity index (χ1v) is 8.89. The van der Waals surface area contributed by atoms with Gasteiger partial charge < -0.3 is 13.8 Å². The summed E-state index contributed by atoms with van der Waals surface area (Å²) in [6.07, 6.45) is 0.250. The van der Waals surface area contributed by atoms with Crippen LogP contribution in [-0.2, 0) is 8.85 Å². The van der Waals surface area contributed by atoms with Crippen molar-refractivity contribution in [2.45, 2.75) is 46.4 Å². The summed E-state index contributed by atoms with van der Waals surface area (Å²) in [4.78, 5) is 3.38. The van der Waals surface area contributed by atoms with E-state index in [4.69, 9.17) is 20.5 Å². The summed E-state index contributed by atoms with van der Waals surface area (Å²) in [6.45, 7) is 10.1. The zero-order valence-electron chi connectivity index (χ0n) is 11.7. The summed E-state index contributed by atoms with van der Waals surface area (Å²) < 4.78 is 11.9. The minimum absolute atomic E-state index is 0.125. The highest BCUT2D eigenvalue weighted by Gasteiger charge is 2.35. The third-order valence-corrected chi connectivity index (χ3v) is 4.97. The summed E-state index contributed by atoms with van der Waals surface area (Å²) in [5.74, 6) is 0. The van der Waals surface area contributed by atoms with E-state index in [0.29, 0.717) is 0 Å². The molecule has 1 N–H and O–H groups in total. The molecule has 18 heavy (non-hydrogen) atoms. The SMILES string of the molecule is CC(C)O[Si](C)(Nc1ccc(Cl)cc1)OC(C)C. The predicted molar refractivity (Wildman–Crippen MR) is 79.1 cm³/mol. The molecule has 5 heteroatoms. The fourth-order valence-corrected chi connectivity index (χ4v) is 4.57. The number of hydrogen-bond donors (Lipinski definition) is 1. The molecule has 0 aliphatic heterocycles. The molecule has 0 aliphatic carbocycles. The van der Waals surface area contributed by atoms with Gasteiger partial charge in [0.05, 0.1) is 0 Å². The van der Waals surface area contributed by atoms with Crippen molar-refractivity contribution in [3.63, 3.8) is 0 Å². The highest BCUT2D eigenvalue weighted by atomic mass is 35.5. The van der Waals surface area contributed by atoms with Crippen molar-refractivity contribution in [3.05, 3.63) is 29.3 Å². The maximum atomic E-state index is 5.96. The zero-order valence-corrected chi connectivity index (χ0v) is 13.4. The molecule has 102 valence electrons. The molecule has 0 heterocycles. The van der Waals surface area contributed by atoms with Gasteiger partial charge in [-0.25, -0.2) is 0 Å². The van der Waals surface area contributed by atoms with Crippen LogP contribution < -0.4 is 4.98 Å². The summed E-state index contributed by atoms with van der Waals surface area (Å²) in [5, 5.41) is 0.721. The summed E-state index contributed by atoms with van der Waals surface area (Å²) in [7, 11) is -2.43. The maximum absolute atomic E-state index is 5.96. The van der Waals surface area contributed by atoms with Crippen molar-refractivity contribution in [1.82, 2.24) is 0 Å². The molecule has 0 saturated heterocycles. The Morgan fingerprint density at radius 2 is 1.44 bits per heavy atom.